The van der Waals surface area contributed by atoms with E-state index < -0.39 is 22.1 Å². The van der Waals surface area contributed by atoms with Gasteiger partial charge in [-0.25, -0.2) is 0 Å². The van der Waals surface area contributed by atoms with Crippen molar-refractivity contribution in [3.8, 4) is 0 Å². The molecule has 0 N–H and O–H groups in total. The van der Waals surface area contributed by atoms with E-state index >= 15 is 0 Å². The second-order valence-electron chi connectivity index (χ2n) is 9.67. The van der Waals surface area contributed by atoms with Crippen LogP contribution in [0, 0.1) is 0 Å². The van der Waals surface area contributed by atoms with Crippen LogP contribution in [0.25, 0.3) is 0 Å². The van der Waals surface area contributed by atoms with Crippen LogP contribution in [0.5, 0.6) is 0 Å². The molecule has 231 valence electrons. The Bertz CT molecular complexity index is 1540. The van der Waals surface area contributed by atoms with Crippen LogP contribution in [0.15, 0.2) is 182 Å². The molecule has 0 aromatic heterocycles. The minimum atomic E-state index is -3.65. The molecule has 0 aliphatic rings. The Morgan fingerprint density at radius 3 is 0.478 bits per heavy atom. The van der Waals surface area contributed by atoms with Crippen molar-refractivity contribution in [2.24, 2.45) is 0 Å². The minimum absolute atomic E-state index is 0. The maximum absolute atomic E-state index is 12.1. The summed E-state index contributed by atoms with van der Waals surface area (Å²) in [6.07, 6.45) is 0. The molecule has 0 saturated heterocycles. The van der Waals surface area contributed by atoms with Crippen LogP contribution in [0.4, 0.5) is 0 Å². The molecule has 0 aliphatic carbocycles. The molecule has 0 heterocycles. The molecule has 6 rings (SSSR count). The first-order valence-electron chi connectivity index (χ1n) is 13.9. The van der Waals surface area contributed by atoms with Crippen molar-refractivity contribution < 1.29 is 45.7 Å². The van der Waals surface area contributed by atoms with Gasteiger partial charge in [-0.1, -0.05) is 182 Å². The fourth-order valence-corrected chi connectivity index (χ4v) is 8.47. The number of hydrogen-bond acceptors (Lipinski definition) is 6. The smallest absolute Gasteiger partial charge is 0.793 e. The van der Waals surface area contributed by atoms with Crippen molar-refractivity contribution in [1.82, 2.24) is 0 Å². The Morgan fingerprint density at radius 1 is 0.261 bits per heavy atom. The Morgan fingerprint density at radius 2 is 0.370 bits per heavy atom. The summed E-state index contributed by atoms with van der Waals surface area (Å²) in [4.78, 5) is 36.2. The van der Waals surface area contributed by atoms with Gasteiger partial charge in [0.15, 0.2) is 0 Å². The van der Waals surface area contributed by atoms with Crippen LogP contribution in [0.3, 0.4) is 0 Å². The van der Waals surface area contributed by atoms with Gasteiger partial charge in [-0.05, 0) is 0 Å². The van der Waals surface area contributed by atoms with Crippen molar-refractivity contribution in [1.29, 1.82) is 0 Å². The SMILES string of the molecule is O=P([O-])(c1ccccc1)c1ccccc1.O=P([O-])(c1ccccc1)c1ccccc1.O=P([O-])(c1ccccc1)c1ccccc1.[Cr+3]. The van der Waals surface area contributed by atoms with Gasteiger partial charge in [0, 0.05) is 31.8 Å². The summed E-state index contributed by atoms with van der Waals surface area (Å²) in [7, 11) is -10.9. The fourth-order valence-electron chi connectivity index (χ4n) is 4.19. The molecule has 1 radical (unpaired) electrons. The predicted octanol–water partition coefficient (Wildman–Crippen LogP) is 3.82. The molecule has 6 nitrogen and oxygen atoms in total. The van der Waals surface area contributed by atoms with Gasteiger partial charge in [-0.3, -0.25) is 0 Å². The number of benzene rings is 6. The van der Waals surface area contributed by atoms with E-state index in [1.165, 1.54) is 0 Å². The van der Waals surface area contributed by atoms with Crippen molar-refractivity contribution >= 4 is 53.9 Å². The molecule has 0 spiro atoms. The van der Waals surface area contributed by atoms with Gasteiger partial charge >= 0.3 is 17.4 Å². The number of rotatable bonds is 6. The zero-order valence-corrected chi connectivity index (χ0v) is 28.5. The third-order valence-corrected chi connectivity index (χ3v) is 12.4. The van der Waals surface area contributed by atoms with Gasteiger partial charge in [-0.2, -0.15) is 0 Å². The molecule has 0 bridgehead atoms. The van der Waals surface area contributed by atoms with Crippen molar-refractivity contribution in [2.75, 3.05) is 0 Å². The zero-order chi connectivity index (χ0) is 32.2. The molecule has 0 fully saturated rings. The molecule has 6 aromatic rings. The van der Waals surface area contributed by atoms with Crippen molar-refractivity contribution in [2.45, 2.75) is 0 Å². The molecule has 0 amide bonds. The van der Waals surface area contributed by atoms with E-state index in [9.17, 15) is 28.4 Å². The van der Waals surface area contributed by atoms with E-state index in [0.29, 0.717) is 31.8 Å². The fraction of sp³-hybridized carbons (Fsp3) is 0. The predicted molar refractivity (Wildman–Crippen MR) is 179 cm³/mol. The topological polar surface area (TPSA) is 120 Å². The standard InChI is InChI=1S/3C12H11O2P.Cr/c3*13-15(14,11-7-3-1-4-8-11)12-9-5-2-6-10-12;/h3*1-10H,(H,13,14);/q;;;+3/p-3. The summed E-state index contributed by atoms with van der Waals surface area (Å²) in [6, 6.07) is 50.8. The third-order valence-electron chi connectivity index (χ3n) is 6.58. The van der Waals surface area contributed by atoms with E-state index in [1.54, 1.807) is 182 Å². The Hall–Kier alpha value is -3.58. The average Bonchev–Trinajstić information content (AvgIpc) is 3.11. The Labute approximate surface area is 280 Å². The minimum Gasteiger partial charge on any atom is -0.793 e. The Kier molecular flexibility index (Phi) is 13.9. The summed E-state index contributed by atoms with van der Waals surface area (Å²) in [5.41, 5.74) is 0. The summed E-state index contributed by atoms with van der Waals surface area (Å²) in [6.45, 7) is 0. The molecule has 10 heteroatoms. The molecule has 46 heavy (non-hydrogen) atoms. The van der Waals surface area contributed by atoms with Gasteiger partial charge in [0.2, 0.25) is 0 Å². The van der Waals surface area contributed by atoms with Crippen LogP contribution in [-0.4, -0.2) is 0 Å². The van der Waals surface area contributed by atoms with E-state index in [-0.39, 0.29) is 17.4 Å². The van der Waals surface area contributed by atoms with Gasteiger partial charge < -0.3 is 28.4 Å². The summed E-state index contributed by atoms with van der Waals surface area (Å²) in [5, 5.41) is 2.15. The van der Waals surface area contributed by atoms with Crippen LogP contribution in [-0.2, 0) is 31.1 Å². The molecule has 0 aliphatic heterocycles. The van der Waals surface area contributed by atoms with E-state index in [1.807, 2.05) is 0 Å². The van der Waals surface area contributed by atoms with Gasteiger partial charge in [-0.15, -0.1) is 0 Å². The van der Waals surface area contributed by atoms with Crippen LogP contribution in [0.1, 0.15) is 0 Å². The molecule has 0 saturated carbocycles. The van der Waals surface area contributed by atoms with Crippen LogP contribution < -0.4 is 46.5 Å². The van der Waals surface area contributed by atoms with Crippen LogP contribution in [0.2, 0.25) is 0 Å². The van der Waals surface area contributed by atoms with E-state index in [2.05, 4.69) is 0 Å². The molecule has 0 atom stereocenters. The molecule has 6 aromatic carbocycles. The zero-order valence-electron chi connectivity index (χ0n) is 24.5. The van der Waals surface area contributed by atoms with Gasteiger partial charge in [0.25, 0.3) is 0 Å². The number of hydrogen-bond donors (Lipinski definition) is 0. The monoisotopic (exact) mass is 703 g/mol. The van der Waals surface area contributed by atoms with Gasteiger partial charge in [0.05, 0.1) is 22.1 Å². The first kappa shape index (κ1) is 36.9. The van der Waals surface area contributed by atoms with E-state index in [4.69, 9.17) is 0 Å². The molecule has 0 unspecified atom stereocenters. The third kappa shape index (κ3) is 9.71. The van der Waals surface area contributed by atoms with Crippen LogP contribution >= 0.6 is 22.1 Å². The largest absolute Gasteiger partial charge is 3.00 e. The first-order chi connectivity index (χ1) is 21.6. The second kappa shape index (κ2) is 17.4. The summed E-state index contributed by atoms with van der Waals surface area (Å²) in [5.74, 6) is 0. The Balaban J connectivity index is 0.000000186. The maximum atomic E-state index is 12.1. The maximum Gasteiger partial charge on any atom is 3.00 e. The van der Waals surface area contributed by atoms with E-state index in [0.717, 1.165) is 0 Å². The van der Waals surface area contributed by atoms with Crippen molar-refractivity contribution in [3.63, 3.8) is 0 Å². The second-order valence-corrected chi connectivity index (χ2v) is 16.1. The molecular formula is C36H30CrO6P3. The summed E-state index contributed by atoms with van der Waals surface area (Å²) >= 11 is 0. The quantitative estimate of drug-likeness (QED) is 0.244. The van der Waals surface area contributed by atoms with Crippen molar-refractivity contribution in [3.05, 3.63) is 182 Å². The first-order valence-corrected chi connectivity index (χ1v) is 18.8. The normalized spacial score (nSPS) is 11.0. The average molecular weight is 704 g/mol. The molecular weight excluding hydrogens is 673 g/mol. The van der Waals surface area contributed by atoms with Gasteiger partial charge in [0.1, 0.15) is 0 Å². The summed E-state index contributed by atoms with van der Waals surface area (Å²) < 4.78 is 36.2.